The maximum atomic E-state index is 13.6. The van der Waals surface area contributed by atoms with Crippen LogP contribution in [-0.2, 0) is 27.9 Å². The molecular weight excluding hydrogens is 1120 g/mol. The van der Waals surface area contributed by atoms with Gasteiger partial charge in [0.15, 0.2) is 0 Å². The maximum Gasteiger partial charge on any atom is 0.472 e. The highest BCUT2D eigenvalue weighted by Gasteiger charge is 2.30. The third kappa shape index (κ3) is 68.1. The van der Waals surface area contributed by atoms with Crippen molar-refractivity contribution in [2.75, 3.05) is 40.9 Å². The Labute approximate surface area is 548 Å². The minimum Gasteiger partial charge on any atom is -0.456 e. The van der Waals surface area contributed by atoms with E-state index in [9.17, 15) is 19.0 Å². The van der Waals surface area contributed by atoms with Gasteiger partial charge in [0.2, 0.25) is 5.91 Å². The molecule has 10 heteroatoms. The first-order valence-corrected chi connectivity index (χ1v) is 37.7. The largest absolute Gasteiger partial charge is 0.472 e. The standard InChI is InChI=1S/C79H135N2O7P/c1-7-10-13-16-19-22-25-28-30-32-34-36-38-40-42-44-46-48-50-53-56-59-62-65-68-71-78(82)80-76(75-87-89(84,85)86-74-73-81(4,5)6)77(70-67-64-61-58-55-52-27-24-21-18-15-12-9-3)88-79(83)72-69-66-63-60-57-54-51-49-47-45-43-41-39-37-35-33-31-29-26-23-20-17-14-11-8-2/h10-11,13-14,19-20,22-23,28-31,34-37,40-43,47,49,67,70,76-77H,7-9,12,15-18,21,24-27,32-33,38-39,44-46,48,50-66,68-69,71-75H2,1-6H3,(H-,80,82,84,85)/p+1/b13-10-,14-11-,22-19-,23-20-,30-28-,31-29-,36-34-,37-35-,42-40-,43-41-,49-47-,70-67+. The van der Waals surface area contributed by atoms with E-state index in [0.29, 0.717) is 23.9 Å². The van der Waals surface area contributed by atoms with Crippen LogP contribution in [0.1, 0.15) is 290 Å². The summed E-state index contributed by atoms with van der Waals surface area (Å²) < 4.78 is 30.8. The van der Waals surface area contributed by atoms with Crippen LogP contribution in [0.25, 0.3) is 0 Å². The zero-order chi connectivity index (χ0) is 64.9. The fourth-order valence-electron chi connectivity index (χ4n) is 9.79. The van der Waals surface area contributed by atoms with Crippen molar-refractivity contribution in [3.63, 3.8) is 0 Å². The molecule has 1 amide bonds. The molecule has 2 N–H and O–H groups in total. The van der Waals surface area contributed by atoms with E-state index in [1.165, 1.54) is 89.9 Å². The van der Waals surface area contributed by atoms with E-state index in [0.717, 1.165) is 161 Å². The lowest BCUT2D eigenvalue weighted by Gasteiger charge is -2.27. The van der Waals surface area contributed by atoms with E-state index in [4.69, 9.17) is 13.8 Å². The second-order valence-electron chi connectivity index (χ2n) is 25.0. The van der Waals surface area contributed by atoms with Crippen molar-refractivity contribution in [3.05, 3.63) is 146 Å². The molecule has 0 aliphatic rings. The van der Waals surface area contributed by atoms with Gasteiger partial charge in [-0.1, -0.05) is 295 Å². The number of phosphoric ester groups is 1. The number of phosphoric acid groups is 1. The lowest BCUT2D eigenvalue weighted by Crippen LogP contribution is -2.47. The zero-order valence-corrected chi connectivity index (χ0v) is 59.0. The molecule has 0 fully saturated rings. The summed E-state index contributed by atoms with van der Waals surface area (Å²) in [5.41, 5.74) is 0. The molecule has 0 saturated heterocycles. The Morgan fingerprint density at radius 1 is 0.404 bits per heavy atom. The number of carbonyl (C=O) groups excluding carboxylic acids is 2. The van der Waals surface area contributed by atoms with E-state index in [-0.39, 0.29) is 31.5 Å². The van der Waals surface area contributed by atoms with Crippen molar-refractivity contribution >= 4 is 19.7 Å². The molecule has 0 aliphatic carbocycles. The summed E-state index contributed by atoms with van der Waals surface area (Å²) in [6, 6.07) is -0.871. The number of carbonyl (C=O) groups is 2. The maximum absolute atomic E-state index is 13.6. The molecule has 0 saturated carbocycles. The van der Waals surface area contributed by atoms with Crippen LogP contribution in [0.4, 0.5) is 0 Å². The van der Waals surface area contributed by atoms with Gasteiger partial charge in [0.1, 0.15) is 19.3 Å². The van der Waals surface area contributed by atoms with Gasteiger partial charge in [0, 0.05) is 12.8 Å². The van der Waals surface area contributed by atoms with E-state index in [1.54, 1.807) is 0 Å². The fraction of sp³-hybridized carbons (Fsp3) is 0.671. The highest BCUT2D eigenvalue weighted by Crippen LogP contribution is 2.43. The number of hydrogen-bond acceptors (Lipinski definition) is 6. The summed E-state index contributed by atoms with van der Waals surface area (Å²) in [4.78, 5) is 38.0. The number of hydrogen-bond donors (Lipinski definition) is 2. The number of ether oxygens (including phenoxy) is 1. The Balaban J connectivity index is 5.17. The van der Waals surface area contributed by atoms with Crippen molar-refractivity contribution in [1.29, 1.82) is 0 Å². The number of rotatable bonds is 64. The van der Waals surface area contributed by atoms with Gasteiger partial charge in [0.05, 0.1) is 33.8 Å². The molecule has 9 nitrogen and oxygen atoms in total. The first kappa shape index (κ1) is 84.9. The van der Waals surface area contributed by atoms with E-state index in [2.05, 4.69) is 160 Å². The number of nitrogens with one attached hydrogen (secondary N) is 1. The molecule has 0 aromatic carbocycles. The van der Waals surface area contributed by atoms with Crippen molar-refractivity contribution in [2.24, 2.45) is 0 Å². The number of amides is 1. The molecule has 0 aromatic heterocycles. The molecule has 3 unspecified atom stereocenters. The first-order valence-electron chi connectivity index (χ1n) is 36.2. The van der Waals surface area contributed by atoms with Gasteiger partial charge < -0.3 is 19.4 Å². The Hall–Kier alpha value is -4.11. The molecule has 0 spiro atoms. The van der Waals surface area contributed by atoms with Crippen LogP contribution in [0.3, 0.4) is 0 Å². The molecule has 0 heterocycles. The zero-order valence-electron chi connectivity index (χ0n) is 58.1. The van der Waals surface area contributed by atoms with Crippen LogP contribution in [0.15, 0.2) is 146 Å². The number of nitrogens with zero attached hydrogens (tertiary/aromatic N) is 1. The van der Waals surface area contributed by atoms with E-state index in [1.807, 2.05) is 33.3 Å². The van der Waals surface area contributed by atoms with Gasteiger partial charge in [-0.2, -0.15) is 0 Å². The van der Waals surface area contributed by atoms with Crippen molar-refractivity contribution in [3.8, 4) is 0 Å². The summed E-state index contributed by atoms with van der Waals surface area (Å²) in [5, 5.41) is 3.06. The van der Waals surface area contributed by atoms with Gasteiger partial charge in [-0.25, -0.2) is 4.57 Å². The quantitative estimate of drug-likeness (QED) is 0.0205. The van der Waals surface area contributed by atoms with Crippen molar-refractivity contribution in [2.45, 2.75) is 303 Å². The van der Waals surface area contributed by atoms with Gasteiger partial charge in [-0.15, -0.1) is 0 Å². The molecular formula is C79H136N2O7P+. The number of unbranched alkanes of at least 4 members (excludes halogenated alkanes) is 26. The molecule has 89 heavy (non-hydrogen) atoms. The first-order chi connectivity index (χ1) is 43.4. The highest BCUT2D eigenvalue weighted by atomic mass is 31.2. The predicted molar refractivity (Wildman–Crippen MR) is 387 cm³/mol. The fourth-order valence-corrected chi connectivity index (χ4v) is 10.5. The van der Waals surface area contributed by atoms with Crippen LogP contribution >= 0.6 is 7.82 Å². The Morgan fingerprint density at radius 2 is 0.719 bits per heavy atom. The third-order valence-electron chi connectivity index (χ3n) is 15.3. The lowest BCUT2D eigenvalue weighted by molar-refractivity contribution is -0.870. The van der Waals surface area contributed by atoms with E-state index >= 15 is 0 Å². The average Bonchev–Trinajstić information content (AvgIpc) is 3.54. The Morgan fingerprint density at radius 3 is 1.08 bits per heavy atom. The van der Waals surface area contributed by atoms with Crippen LogP contribution in [0.2, 0.25) is 0 Å². The third-order valence-corrected chi connectivity index (χ3v) is 16.3. The molecule has 0 aromatic rings. The lowest BCUT2D eigenvalue weighted by atomic mass is 10.0. The van der Waals surface area contributed by atoms with Crippen LogP contribution in [-0.4, -0.2) is 74.3 Å². The summed E-state index contributed by atoms with van der Waals surface area (Å²) in [6.07, 6.45) is 97.1. The Kier molecular flexibility index (Phi) is 63.7. The second kappa shape index (κ2) is 66.8. The van der Waals surface area contributed by atoms with E-state index < -0.39 is 20.0 Å². The second-order valence-corrected chi connectivity index (χ2v) is 26.4. The molecule has 508 valence electrons. The number of esters is 1. The highest BCUT2D eigenvalue weighted by molar-refractivity contribution is 7.47. The van der Waals surface area contributed by atoms with Crippen LogP contribution in [0, 0.1) is 0 Å². The SMILES string of the molecule is CC/C=C\C/C=C\C/C=C\C/C=C\C/C=C\C/C=C\CCCCCCCCC(=O)OC(/C=C/CCCCCCCCCCCCC)C(COP(=O)(O)OCC[N+](C)(C)C)NC(=O)CCCCCCCCCCC/C=C\C/C=C\C/C=C\C/C=C\C/C=C\CC. The van der Waals surface area contributed by atoms with Gasteiger partial charge in [0.25, 0.3) is 0 Å². The number of quaternary nitrogens is 1. The minimum absolute atomic E-state index is 0.0286. The summed E-state index contributed by atoms with van der Waals surface area (Å²) in [6.45, 7) is 6.78. The number of likely N-dealkylation sites (N-methyl/N-ethyl adjacent to an activating group) is 1. The monoisotopic (exact) mass is 1260 g/mol. The van der Waals surface area contributed by atoms with Crippen LogP contribution in [0.5, 0.6) is 0 Å². The van der Waals surface area contributed by atoms with Crippen molar-refractivity contribution in [1.82, 2.24) is 5.32 Å². The molecule has 0 aliphatic heterocycles. The van der Waals surface area contributed by atoms with Gasteiger partial charge in [-0.3, -0.25) is 18.6 Å². The molecule has 0 bridgehead atoms. The average molecular weight is 1260 g/mol. The van der Waals surface area contributed by atoms with Crippen LogP contribution < -0.4 is 5.32 Å². The summed E-state index contributed by atoms with van der Waals surface area (Å²) in [5.74, 6) is -0.534. The minimum atomic E-state index is -4.47. The normalized spacial score (nSPS) is 14.4. The van der Waals surface area contributed by atoms with Gasteiger partial charge >= 0.3 is 13.8 Å². The summed E-state index contributed by atoms with van der Waals surface area (Å²) >= 11 is 0. The molecule has 0 radical (unpaired) electrons. The van der Waals surface area contributed by atoms with Crippen molar-refractivity contribution < 1.29 is 37.3 Å². The molecule has 0 rings (SSSR count). The number of allylic oxidation sites excluding steroid dienone is 23. The Bertz CT molecular complexity index is 2030. The topological polar surface area (TPSA) is 111 Å². The van der Waals surface area contributed by atoms with Gasteiger partial charge in [-0.05, 0) is 128 Å². The molecule has 3 atom stereocenters. The smallest absolute Gasteiger partial charge is 0.456 e. The summed E-state index contributed by atoms with van der Waals surface area (Å²) in [7, 11) is 1.47. The predicted octanol–water partition coefficient (Wildman–Crippen LogP) is 23.3.